The van der Waals surface area contributed by atoms with E-state index in [1.54, 1.807) is 18.2 Å². The molecule has 7 nitrogen and oxygen atoms in total. The number of nitrogens with zero attached hydrogens (tertiary/aromatic N) is 3. The van der Waals surface area contributed by atoms with Gasteiger partial charge in [0.2, 0.25) is 5.91 Å². The van der Waals surface area contributed by atoms with Gasteiger partial charge in [-0.2, -0.15) is 4.98 Å². The summed E-state index contributed by atoms with van der Waals surface area (Å²) >= 11 is 0. The van der Waals surface area contributed by atoms with Gasteiger partial charge in [0.25, 0.3) is 5.89 Å². The van der Waals surface area contributed by atoms with E-state index in [2.05, 4.69) is 27.4 Å². The van der Waals surface area contributed by atoms with E-state index in [1.807, 2.05) is 18.2 Å². The van der Waals surface area contributed by atoms with Gasteiger partial charge in [-0.05, 0) is 30.8 Å². The summed E-state index contributed by atoms with van der Waals surface area (Å²) in [6, 6.07) is 7.12. The quantitative estimate of drug-likeness (QED) is 0.871. The third-order valence-corrected chi connectivity index (χ3v) is 3.88. The molecule has 1 aromatic carbocycles. The maximum atomic E-state index is 11.0. The van der Waals surface area contributed by atoms with Crippen LogP contribution in [0.5, 0.6) is 0 Å². The smallest absolute Gasteiger partial charge is 0.250 e. The van der Waals surface area contributed by atoms with Crippen LogP contribution in [0.25, 0.3) is 12.2 Å². The molecule has 1 amide bonds. The molecule has 1 saturated heterocycles. The summed E-state index contributed by atoms with van der Waals surface area (Å²) in [5, 5.41) is 7.39. The molecule has 1 fully saturated rings. The molecule has 7 heteroatoms. The van der Waals surface area contributed by atoms with Crippen molar-refractivity contribution in [3.8, 4) is 0 Å². The summed E-state index contributed by atoms with van der Waals surface area (Å²) < 4.78 is 5.27. The molecule has 1 aliphatic rings. The number of aromatic nitrogens is 2. The molecule has 0 spiro atoms. The highest BCUT2D eigenvalue weighted by Gasteiger charge is 2.24. The molecule has 1 aromatic heterocycles. The summed E-state index contributed by atoms with van der Waals surface area (Å²) in [4.78, 5) is 17.7. The third-order valence-electron chi connectivity index (χ3n) is 3.88. The Labute approximate surface area is 134 Å². The average Bonchev–Trinajstić information content (AvgIpc) is 3.02. The lowest BCUT2D eigenvalue weighted by Gasteiger charge is -2.30. The van der Waals surface area contributed by atoms with E-state index < -0.39 is 5.91 Å². The van der Waals surface area contributed by atoms with Gasteiger partial charge in [-0.25, -0.2) is 0 Å². The second kappa shape index (κ2) is 6.72. The zero-order chi connectivity index (χ0) is 16.2. The maximum absolute atomic E-state index is 11.0. The van der Waals surface area contributed by atoms with Gasteiger partial charge in [0.15, 0.2) is 5.82 Å². The first-order chi connectivity index (χ1) is 11.1. The number of nitrogens with one attached hydrogen (secondary N) is 1. The molecular formula is C16H19N5O2. The Morgan fingerprint density at radius 2 is 2.17 bits per heavy atom. The van der Waals surface area contributed by atoms with E-state index in [9.17, 15) is 4.79 Å². The number of hydrogen-bond donors (Lipinski definition) is 2. The van der Waals surface area contributed by atoms with Gasteiger partial charge in [0, 0.05) is 31.3 Å². The summed E-state index contributed by atoms with van der Waals surface area (Å²) in [5.74, 6) is 0.702. The molecule has 2 aromatic rings. The first-order valence-electron chi connectivity index (χ1n) is 7.46. The van der Waals surface area contributed by atoms with Crippen LogP contribution >= 0.6 is 0 Å². The second-order valence-electron chi connectivity index (χ2n) is 5.51. The van der Waals surface area contributed by atoms with E-state index in [-0.39, 0.29) is 6.04 Å². The number of benzene rings is 1. The SMILES string of the molecule is CN1CCNCC1c1noc(/C=C/c2ccc(C(N)=O)cc2)n1. The first kappa shape index (κ1) is 15.4. The van der Waals surface area contributed by atoms with E-state index in [0.717, 1.165) is 25.2 Å². The van der Waals surface area contributed by atoms with Gasteiger partial charge >= 0.3 is 0 Å². The fraction of sp³-hybridized carbons (Fsp3) is 0.312. The standard InChI is InChI=1S/C16H19N5O2/c1-21-9-8-18-10-13(21)16-19-14(23-20-16)7-4-11-2-5-12(6-3-11)15(17)22/h2-7,13,18H,8-10H2,1H3,(H2,17,22)/b7-4+. The van der Waals surface area contributed by atoms with E-state index in [4.69, 9.17) is 10.3 Å². The van der Waals surface area contributed by atoms with Gasteiger partial charge < -0.3 is 15.6 Å². The predicted molar refractivity (Wildman–Crippen MR) is 86.4 cm³/mol. The number of likely N-dealkylation sites (N-methyl/N-ethyl adjacent to an activating group) is 1. The van der Waals surface area contributed by atoms with Crippen molar-refractivity contribution < 1.29 is 9.32 Å². The summed E-state index contributed by atoms with van der Waals surface area (Å²) in [6.45, 7) is 2.74. The average molecular weight is 313 g/mol. The zero-order valence-corrected chi connectivity index (χ0v) is 12.9. The Hall–Kier alpha value is -2.51. The van der Waals surface area contributed by atoms with Crippen LogP contribution in [0, 0.1) is 0 Å². The Balaban J connectivity index is 1.69. The Morgan fingerprint density at radius 3 is 2.87 bits per heavy atom. The van der Waals surface area contributed by atoms with Crippen molar-refractivity contribution >= 4 is 18.1 Å². The van der Waals surface area contributed by atoms with Crippen LogP contribution in [0.2, 0.25) is 0 Å². The predicted octanol–water partition coefficient (Wildman–Crippen LogP) is 0.915. The molecule has 1 unspecified atom stereocenters. The molecule has 0 aliphatic carbocycles. The molecular weight excluding hydrogens is 294 g/mol. The van der Waals surface area contributed by atoms with Crippen molar-refractivity contribution in [3.63, 3.8) is 0 Å². The summed E-state index contributed by atoms with van der Waals surface area (Å²) in [7, 11) is 2.05. The number of rotatable bonds is 4. The van der Waals surface area contributed by atoms with Crippen molar-refractivity contribution in [2.45, 2.75) is 6.04 Å². The molecule has 1 aliphatic heterocycles. The highest BCUT2D eigenvalue weighted by molar-refractivity contribution is 5.93. The molecule has 120 valence electrons. The van der Waals surface area contributed by atoms with Crippen LogP contribution in [-0.2, 0) is 0 Å². The molecule has 0 saturated carbocycles. The zero-order valence-electron chi connectivity index (χ0n) is 12.9. The monoisotopic (exact) mass is 313 g/mol. The van der Waals surface area contributed by atoms with Gasteiger partial charge in [0.1, 0.15) is 0 Å². The molecule has 23 heavy (non-hydrogen) atoms. The summed E-state index contributed by atoms with van der Waals surface area (Å²) in [6.07, 6.45) is 3.61. The lowest BCUT2D eigenvalue weighted by Crippen LogP contribution is -2.44. The van der Waals surface area contributed by atoms with Gasteiger partial charge in [-0.15, -0.1) is 0 Å². The van der Waals surface area contributed by atoms with Crippen molar-refractivity contribution in [2.75, 3.05) is 26.7 Å². The number of hydrogen-bond acceptors (Lipinski definition) is 6. The highest BCUT2D eigenvalue weighted by atomic mass is 16.5. The minimum atomic E-state index is -0.438. The van der Waals surface area contributed by atoms with Crippen LogP contribution in [0.3, 0.4) is 0 Å². The minimum Gasteiger partial charge on any atom is -0.366 e. The molecule has 3 N–H and O–H groups in total. The summed E-state index contributed by atoms with van der Waals surface area (Å²) in [5.41, 5.74) is 6.62. The topological polar surface area (TPSA) is 97.3 Å². The lowest BCUT2D eigenvalue weighted by molar-refractivity contribution is 0.100. The Morgan fingerprint density at radius 1 is 1.39 bits per heavy atom. The van der Waals surface area contributed by atoms with Crippen molar-refractivity contribution in [2.24, 2.45) is 5.73 Å². The third kappa shape index (κ3) is 3.64. The normalized spacial score (nSPS) is 19.3. The fourth-order valence-electron chi connectivity index (χ4n) is 2.47. The van der Waals surface area contributed by atoms with E-state index in [1.165, 1.54) is 0 Å². The van der Waals surface area contributed by atoms with E-state index in [0.29, 0.717) is 17.3 Å². The molecule has 0 radical (unpaired) electrons. The van der Waals surface area contributed by atoms with Gasteiger partial charge in [0.05, 0.1) is 6.04 Å². The molecule has 0 bridgehead atoms. The van der Waals surface area contributed by atoms with Crippen LogP contribution in [0.1, 0.15) is 33.7 Å². The van der Waals surface area contributed by atoms with Crippen LogP contribution in [0.15, 0.2) is 28.8 Å². The Bertz CT molecular complexity index is 708. The van der Waals surface area contributed by atoms with Gasteiger partial charge in [-0.1, -0.05) is 17.3 Å². The molecule has 3 rings (SSSR count). The Kier molecular flexibility index (Phi) is 4.50. The number of primary amides is 1. The van der Waals surface area contributed by atoms with E-state index >= 15 is 0 Å². The number of piperazine rings is 1. The van der Waals surface area contributed by atoms with Crippen molar-refractivity contribution in [1.29, 1.82) is 0 Å². The molecule has 1 atom stereocenters. The minimum absolute atomic E-state index is 0.129. The van der Waals surface area contributed by atoms with Crippen molar-refractivity contribution in [1.82, 2.24) is 20.4 Å². The van der Waals surface area contributed by atoms with Crippen molar-refractivity contribution in [3.05, 3.63) is 47.1 Å². The fourth-order valence-corrected chi connectivity index (χ4v) is 2.47. The van der Waals surface area contributed by atoms with Crippen LogP contribution in [0.4, 0.5) is 0 Å². The molecule has 2 heterocycles. The number of carbonyl (C=O) groups is 1. The maximum Gasteiger partial charge on any atom is 0.250 e. The van der Waals surface area contributed by atoms with Crippen LogP contribution in [-0.4, -0.2) is 47.6 Å². The van der Waals surface area contributed by atoms with Gasteiger partial charge in [-0.3, -0.25) is 9.69 Å². The number of amides is 1. The largest absolute Gasteiger partial charge is 0.366 e. The van der Waals surface area contributed by atoms with Crippen LogP contribution < -0.4 is 11.1 Å². The highest BCUT2D eigenvalue weighted by Crippen LogP contribution is 2.18. The first-order valence-corrected chi connectivity index (χ1v) is 7.46. The number of nitrogens with two attached hydrogens (primary N) is 1. The lowest BCUT2D eigenvalue weighted by atomic mass is 10.1. The second-order valence-corrected chi connectivity index (χ2v) is 5.51. The number of carbonyl (C=O) groups excluding carboxylic acids is 1.